The van der Waals surface area contributed by atoms with E-state index in [-0.39, 0.29) is 11.2 Å². The van der Waals surface area contributed by atoms with Crippen LogP contribution >= 0.6 is 23.1 Å². The van der Waals surface area contributed by atoms with E-state index < -0.39 is 0 Å². The van der Waals surface area contributed by atoms with Crippen molar-refractivity contribution in [2.45, 2.75) is 94.5 Å². The second-order valence-corrected chi connectivity index (χ2v) is 10.7. The molecule has 0 aromatic carbocycles. The van der Waals surface area contributed by atoms with Crippen molar-refractivity contribution in [2.24, 2.45) is 0 Å². The molecule has 8 heteroatoms. The highest BCUT2D eigenvalue weighted by atomic mass is 32.2. The lowest BCUT2D eigenvalue weighted by Gasteiger charge is -2.25. The number of carbonyl (C=O) groups is 1. The number of nitriles is 1. The fraction of sp³-hybridized carbons (Fsp3) is 0.636. The number of carbonyl (C=O) groups excluding carboxylic acids is 1. The number of amides is 1. The van der Waals surface area contributed by atoms with Gasteiger partial charge >= 0.3 is 0 Å². The lowest BCUT2D eigenvalue weighted by molar-refractivity contribution is -0.115. The van der Waals surface area contributed by atoms with Crippen molar-refractivity contribution in [3.8, 4) is 6.07 Å². The Kier molecular flexibility index (Phi) is 6.79. The van der Waals surface area contributed by atoms with Crippen LogP contribution in [0.5, 0.6) is 0 Å². The van der Waals surface area contributed by atoms with E-state index in [1.165, 1.54) is 42.3 Å². The second-order valence-electron chi connectivity index (χ2n) is 8.32. The van der Waals surface area contributed by atoms with Gasteiger partial charge in [-0.3, -0.25) is 4.79 Å². The largest absolute Gasteiger partial charge is 0.316 e. The number of hydrogen-bond acceptors (Lipinski definition) is 6. The Morgan fingerprint density at radius 1 is 1.20 bits per heavy atom. The predicted octanol–water partition coefficient (Wildman–Crippen LogP) is 5.41. The first-order valence-electron chi connectivity index (χ1n) is 11.0. The average molecular weight is 444 g/mol. The summed E-state index contributed by atoms with van der Waals surface area (Å²) in [5.74, 6) is 0.842. The first-order chi connectivity index (χ1) is 14.6. The summed E-state index contributed by atoms with van der Waals surface area (Å²) in [6.07, 6.45) is 11.5. The van der Waals surface area contributed by atoms with E-state index >= 15 is 0 Å². The fourth-order valence-corrected chi connectivity index (χ4v) is 6.77. The minimum absolute atomic E-state index is 0.0799. The van der Waals surface area contributed by atoms with Crippen LogP contribution in [-0.2, 0) is 17.6 Å². The molecule has 4 rings (SSSR count). The topological polar surface area (TPSA) is 83.6 Å². The van der Waals surface area contributed by atoms with Gasteiger partial charge in [0.2, 0.25) is 5.91 Å². The van der Waals surface area contributed by atoms with Gasteiger partial charge in [-0.15, -0.1) is 21.5 Å². The molecule has 1 N–H and O–H groups in total. The molecule has 1 saturated carbocycles. The van der Waals surface area contributed by atoms with Crippen LogP contribution in [0.3, 0.4) is 0 Å². The number of nitrogens with one attached hydrogen (secondary N) is 1. The van der Waals surface area contributed by atoms with Crippen LogP contribution in [-0.4, -0.2) is 25.9 Å². The Hall–Kier alpha value is -1.85. The number of hydrogen-bond donors (Lipinski definition) is 1. The van der Waals surface area contributed by atoms with Gasteiger partial charge in [0.25, 0.3) is 0 Å². The van der Waals surface area contributed by atoms with E-state index in [1.807, 2.05) is 13.8 Å². The minimum Gasteiger partial charge on any atom is -0.316 e. The van der Waals surface area contributed by atoms with Crippen LogP contribution in [0.1, 0.15) is 86.2 Å². The smallest absolute Gasteiger partial charge is 0.238 e. The standard InChI is InChI=1S/C22H29N5OS2/c1-14(29-22-26-25-15(2)27(22)16-9-5-3-6-10-16)20(28)24-21-18(13-23)17-11-7-4-8-12-19(17)30-21/h14,16H,3-12H2,1-2H3,(H,24,28)/t14-/m0/s1. The molecule has 0 bridgehead atoms. The van der Waals surface area contributed by atoms with Crippen molar-refractivity contribution in [3.63, 3.8) is 0 Å². The number of rotatable bonds is 5. The zero-order valence-electron chi connectivity index (χ0n) is 17.7. The van der Waals surface area contributed by atoms with Crippen molar-refractivity contribution in [1.29, 1.82) is 5.26 Å². The molecule has 30 heavy (non-hydrogen) atoms. The molecule has 0 saturated heterocycles. The quantitative estimate of drug-likeness (QED) is 0.493. The van der Waals surface area contributed by atoms with Gasteiger partial charge < -0.3 is 9.88 Å². The molecule has 2 aromatic heterocycles. The molecule has 160 valence electrons. The normalized spacial score (nSPS) is 18.3. The van der Waals surface area contributed by atoms with Gasteiger partial charge in [0.05, 0.1) is 10.8 Å². The zero-order valence-corrected chi connectivity index (χ0v) is 19.4. The predicted molar refractivity (Wildman–Crippen MR) is 121 cm³/mol. The van der Waals surface area contributed by atoms with Gasteiger partial charge in [0.15, 0.2) is 5.16 Å². The Balaban J connectivity index is 1.47. The highest BCUT2D eigenvalue weighted by Crippen LogP contribution is 2.38. The maximum Gasteiger partial charge on any atom is 0.238 e. The summed E-state index contributed by atoms with van der Waals surface area (Å²) in [5, 5.41) is 22.6. The molecule has 1 atom stereocenters. The van der Waals surface area contributed by atoms with Crippen molar-refractivity contribution in [1.82, 2.24) is 14.8 Å². The Labute approximate surface area is 186 Å². The molecule has 2 heterocycles. The first-order valence-corrected chi connectivity index (χ1v) is 12.7. The van der Waals surface area contributed by atoms with Gasteiger partial charge in [-0.2, -0.15) is 5.26 Å². The van der Waals surface area contributed by atoms with E-state index in [0.29, 0.717) is 16.6 Å². The van der Waals surface area contributed by atoms with E-state index in [1.54, 1.807) is 11.3 Å². The maximum absolute atomic E-state index is 13.0. The lowest BCUT2D eigenvalue weighted by Crippen LogP contribution is -2.23. The van der Waals surface area contributed by atoms with Crippen LogP contribution in [0, 0.1) is 18.3 Å². The molecule has 6 nitrogen and oxygen atoms in total. The summed E-state index contributed by atoms with van der Waals surface area (Å²) in [6, 6.07) is 2.78. The molecule has 0 spiro atoms. The Bertz CT molecular complexity index is 952. The summed E-state index contributed by atoms with van der Waals surface area (Å²) in [5.41, 5.74) is 1.83. The van der Waals surface area contributed by atoms with Crippen molar-refractivity contribution in [3.05, 3.63) is 21.8 Å². The number of aromatic nitrogens is 3. The lowest BCUT2D eigenvalue weighted by atomic mass is 9.95. The third kappa shape index (κ3) is 4.42. The molecule has 2 aliphatic carbocycles. The number of thioether (sulfide) groups is 1. The number of fused-ring (bicyclic) bond motifs is 1. The second kappa shape index (κ2) is 9.52. The molecule has 1 fully saturated rings. The molecule has 2 aliphatic rings. The fourth-order valence-electron chi connectivity index (χ4n) is 4.56. The van der Waals surface area contributed by atoms with E-state index in [4.69, 9.17) is 0 Å². The molecule has 0 unspecified atom stereocenters. The van der Waals surface area contributed by atoms with Gasteiger partial charge in [-0.1, -0.05) is 37.4 Å². The maximum atomic E-state index is 13.0. The number of aryl methyl sites for hydroxylation is 2. The number of nitrogens with zero attached hydrogens (tertiary/aromatic N) is 4. The summed E-state index contributed by atoms with van der Waals surface area (Å²) < 4.78 is 2.22. The summed E-state index contributed by atoms with van der Waals surface area (Å²) >= 11 is 3.05. The molecule has 1 amide bonds. The molecular formula is C22H29N5OS2. The van der Waals surface area contributed by atoms with Crippen LogP contribution in [0.25, 0.3) is 0 Å². The van der Waals surface area contributed by atoms with E-state index in [2.05, 4.69) is 26.2 Å². The van der Waals surface area contributed by atoms with Crippen LogP contribution in [0.2, 0.25) is 0 Å². The molecular weight excluding hydrogens is 414 g/mol. The summed E-state index contributed by atoms with van der Waals surface area (Å²) in [6.45, 7) is 3.90. The summed E-state index contributed by atoms with van der Waals surface area (Å²) in [7, 11) is 0. The van der Waals surface area contributed by atoms with Crippen molar-refractivity contribution in [2.75, 3.05) is 5.32 Å². The van der Waals surface area contributed by atoms with Crippen LogP contribution < -0.4 is 5.32 Å². The van der Waals surface area contributed by atoms with Crippen LogP contribution in [0.15, 0.2) is 5.16 Å². The highest BCUT2D eigenvalue weighted by molar-refractivity contribution is 8.00. The van der Waals surface area contributed by atoms with Crippen molar-refractivity contribution >= 4 is 34.0 Å². The van der Waals surface area contributed by atoms with Crippen LogP contribution in [0.4, 0.5) is 5.00 Å². The molecule has 0 aliphatic heterocycles. The Morgan fingerprint density at radius 2 is 1.93 bits per heavy atom. The zero-order chi connectivity index (χ0) is 21.1. The number of anilines is 1. The van der Waals surface area contributed by atoms with Gasteiger partial charge in [0, 0.05) is 10.9 Å². The summed E-state index contributed by atoms with van der Waals surface area (Å²) in [4.78, 5) is 14.2. The average Bonchev–Trinajstić information content (AvgIpc) is 3.18. The Morgan fingerprint density at radius 3 is 2.70 bits per heavy atom. The monoisotopic (exact) mass is 443 g/mol. The third-order valence-electron chi connectivity index (χ3n) is 6.20. The number of thiophene rings is 1. The van der Waals surface area contributed by atoms with Gasteiger partial charge in [0.1, 0.15) is 16.9 Å². The minimum atomic E-state index is -0.315. The van der Waals surface area contributed by atoms with Gasteiger partial charge in [-0.25, -0.2) is 0 Å². The van der Waals surface area contributed by atoms with E-state index in [0.717, 1.165) is 55.1 Å². The third-order valence-corrected chi connectivity index (χ3v) is 8.46. The molecule has 2 aromatic rings. The van der Waals surface area contributed by atoms with Gasteiger partial charge in [-0.05, 0) is 57.9 Å². The van der Waals surface area contributed by atoms with E-state index in [9.17, 15) is 10.1 Å². The van der Waals surface area contributed by atoms with Crippen molar-refractivity contribution < 1.29 is 4.79 Å². The first kappa shape index (κ1) is 21.4. The molecule has 0 radical (unpaired) electrons. The SMILES string of the molecule is Cc1nnc(S[C@@H](C)C(=O)Nc2sc3c(c2C#N)CCCCC3)n1C1CCCCC1. The highest BCUT2D eigenvalue weighted by Gasteiger charge is 2.26.